The molecule has 1 heterocycles. The predicted molar refractivity (Wildman–Crippen MR) is 80.1 cm³/mol. The van der Waals surface area contributed by atoms with Gasteiger partial charge in [0.15, 0.2) is 0 Å². The summed E-state index contributed by atoms with van der Waals surface area (Å²) < 4.78 is 11.3. The number of anilines is 1. The first-order valence-corrected chi connectivity index (χ1v) is 7.02. The van der Waals surface area contributed by atoms with Crippen LogP contribution in [0.25, 0.3) is 0 Å². The summed E-state index contributed by atoms with van der Waals surface area (Å²) in [5, 5.41) is 3.30. The zero-order valence-corrected chi connectivity index (χ0v) is 12.6. The zero-order valence-electron chi connectivity index (χ0n) is 12.6. The lowest BCUT2D eigenvalue weighted by atomic mass is 10.2. The van der Waals surface area contributed by atoms with E-state index in [-0.39, 0.29) is 6.10 Å². The Hall–Kier alpha value is -1.97. The molecule has 0 amide bonds. The molecule has 2 rings (SSSR count). The molecule has 4 heteroatoms. The summed E-state index contributed by atoms with van der Waals surface area (Å²) in [5.74, 6) is 2.45. The molecule has 20 heavy (non-hydrogen) atoms. The largest absolute Gasteiger partial charge is 0.491 e. The van der Waals surface area contributed by atoms with Crippen molar-refractivity contribution in [2.75, 3.05) is 5.32 Å². The molecule has 2 aromatic rings. The van der Waals surface area contributed by atoms with Crippen molar-refractivity contribution in [2.45, 2.75) is 46.8 Å². The molecule has 0 saturated heterocycles. The lowest BCUT2D eigenvalue weighted by Crippen LogP contribution is -2.09. The van der Waals surface area contributed by atoms with Gasteiger partial charge < -0.3 is 14.5 Å². The van der Waals surface area contributed by atoms with Crippen LogP contribution in [0.5, 0.6) is 5.75 Å². The van der Waals surface area contributed by atoms with Gasteiger partial charge in [0.25, 0.3) is 0 Å². The van der Waals surface area contributed by atoms with Gasteiger partial charge in [-0.15, -0.1) is 0 Å². The minimum absolute atomic E-state index is 0.224. The molecular formula is C16H22N2O2. The molecule has 4 nitrogen and oxygen atoms in total. The Bertz CT molecular complexity index is 544. The molecule has 1 N–H and O–H groups in total. The smallest absolute Gasteiger partial charge is 0.213 e. The molecule has 0 aliphatic carbocycles. The van der Waals surface area contributed by atoms with Gasteiger partial charge in [-0.1, -0.05) is 13.0 Å². The van der Waals surface area contributed by atoms with Crippen molar-refractivity contribution < 1.29 is 9.15 Å². The minimum atomic E-state index is 0.224. The van der Waals surface area contributed by atoms with E-state index >= 15 is 0 Å². The number of benzene rings is 1. The summed E-state index contributed by atoms with van der Waals surface area (Å²) in [6.45, 7) is 8.62. The van der Waals surface area contributed by atoms with E-state index in [2.05, 4.69) is 24.1 Å². The van der Waals surface area contributed by atoms with Gasteiger partial charge in [-0.05, 0) is 39.3 Å². The molecular weight excluding hydrogens is 252 g/mol. The van der Waals surface area contributed by atoms with Crippen LogP contribution >= 0.6 is 0 Å². The monoisotopic (exact) mass is 274 g/mol. The second-order valence-electron chi connectivity index (χ2n) is 4.97. The maximum absolute atomic E-state index is 5.80. The van der Waals surface area contributed by atoms with Crippen molar-refractivity contribution in [1.82, 2.24) is 4.98 Å². The average Bonchev–Trinajstić information content (AvgIpc) is 2.76. The summed E-state index contributed by atoms with van der Waals surface area (Å²) in [6, 6.07) is 7.95. The normalized spacial score (nSPS) is 12.2. The van der Waals surface area contributed by atoms with Gasteiger partial charge in [0.2, 0.25) is 5.89 Å². The van der Waals surface area contributed by atoms with E-state index in [1.807, 2.05) is 38.1 Å². The van der Waals surface area contributed by atoms with Crippen LogP contribution in [0.4, 0.5) is 5.69 Å². The Morgan fingerprint density at radius 2 is 2.15 bits per heavy atom. The fourth-order valence-corrected chi connectivity index (χ4v) is 1.79. The molecule has 0 radical (unpaired) electrons. The van der Waals surface area contributed by atoms with Gasteiger partial charge in [0, 0.05) is 11.8 Å². The number of ether oxygens (including phenoxy) is 1. The van der Waals surface area contributed by atoms with Crippen LogP contribution in [-0.2, 0) is 6.54 Å². The third-order valence-corrected chi connectivity index (χ3v) is 3.26. The quantitative estimate of drug-likeness (QED) is 0.862. The third-order valence-electron chi connectivity index (χ3n) is 3.26. The molecule has 0 fully saturated rings. The van der Waals surface area contributed by atoms with Gasteiger partial charge >= 0.3 is 0 Å². The highest BCUT2D eigenvalue weighted by molar-refractivity contribution is 5.48. The van der Waals surface area contributed by atoms with Gasteiger partial charge in [-0.25, -0.2) is 4.98 Å². The Kier molecular flexibility index (Phi) is 4.66. The summed E-state index contributed by atoms with van der Waals surface area (Å²) in [4.78, 5) is 4.35. The van der Waals surface area contributed by atoms with Crippen LogP contribution in [0, 0.1) is 13.8 Å². The summed E-state index contributed by atoms with van der Waals surface area (Å²) in [6.07, 6.45) is 1.22. The van der Waals surface area contributed by atoms with Gasteiger partial charge in [0.1, 0.15) is 11.5 Å². The molecule has 1 aromatic heterocycles. The molecule has 108 valence electrons. The van der Waals surface area contributed by atoms with E-state index in [4.69, 9.17) is 9.15 Å². The number of hydrogen-bond donors (Lipinski definition) is 1. The van der Waals surface area contributed by atoms with Gasteiger partial charge in [-0.3, -0.25) is 0 Å². The Morgan fingerprint density at radius 1 is 1.35 bits per heavy atom. The molecule has 0 aliphatic rings. The number of aryl methyl sites for hydroxylation is 2. The highest BCUT2D eigenvalue weighted by atomic mass is 16.5. The maximum atomic E-state index is 5.80. The van der Waals surface area contributed by atoms with Crippen LogP contribution in [0.1, 0.15) is 37.6 Å². The van der Waals surface area contributed by atoms with Gasteiger partial charge in [0.05, 0.1) is 18.3 Å². The number of nitrogens with one attached hydrogen (secondary N) is 1. The molecule has 0 spiro atoms. The summed E-state index contributed by atoms with van der Waals surface area (Å²) >= 11 is 0. The molecule has 1 unspecified atom stereocenters. The first-order valence-electron chi connectivity index (χ1n) is 7.02. The second kappa shape index (κ2) is 6.46. The van der Waals surface area contributed by atoms with Crippen molar-refractivity contribution >= 4 is 5.69 Å². The van der Waals surface area contributed by atoms with E-state index in [9.17, 15) is 0 Å². The van der Waals surface area contributed by atoms with Crippen LogP contribution < -0.4 is 10.1 Å². The Balaban J connectivity index is 1.97. The van der Waals surface area contributed by atoms with Crippen LogP contribution in [0.3, 0.4) is 0 Å². The third kappa shape index (κ3) is 3.76. The topological polar surface area (TPSA) is 47.3 Å². The number of nitrogens with zero attached hydrogens (tertiary/aromatic N) is 1. The first kappa shape index (κ1) is 14.4. The van der Waals surface area contributed by atoms with Crippen molar-refractivity contribution in [3.8, 4) is 5.75 Å². The Labute approximate surface area is 120 Å². The zero-order chi connectivity index (χ0) is 14.5. The second-order valence-corrected chi connectivity index (χ2v) is 4.97. The highest BCUT2D eigenvalue weighted by Gasteiger charge is 2.06. The molecule has 0 bridgehead atoms. The van der Waals surface area contributed by atoms with Crippen molar-refractivity contribution in [2.24, 2.45) is 0 Å². The van der Waals surface area contributed by atoms with E-state index in [1.54, 1.807) is 0 Å². The number of rotatable bonds is 6. The predicted octanol–water partition coefficient (Wildman–Crippen LogP) is 4.08. The van der Waals surface area contributed by atoms with E-state index in [0.717, 1.165) is 29.3 Å². The highest BCUT2D eigenvalue weighted by Crippen LogP contribution is 2.20. The fraction of sp³-hybridized carbons (Fsp3) is 0.438. The van der Waals surface area contributed by atoms with Crippen molar-refractivity contribution in [3.05, 3.63) is 41.6 Å². The summed E-state index contributed by atoms with van der Waals surface area (Å²) in [7, 11) is 0. The number of oxazole rings is 1. The number of aromatic nitrogens is 1. The van der Waals surface area contributed by atoms with Crippen LogP contribution in [0.2, 0.25) is 0 Å². The Morgan fingerprint density at radius 3 is 2.80 bits per heavy atom. The number of hydrogen-bond acceptors (Lipinski definition) is 4. The minimum Gasteiger partial charge on any atom is -0.491 e. The standard InChI is InChI=1S/C16H22N2O2/c1-5-11(2)19-15-8-6-7-14(9-15)17-10-16-18-12(3)13(4)20-16/h6-9,11,17H,5,10H2,1-4H3. The van der Waals surface area contributed by atoms with E-state index in [0.29, 0.717) is 12.4 Å². The maximum Gasteiger partial charge on any atom is 0.213 e. The van der Waals surface area contributed by atoms with Crippen molar-refractivity contribution in [3.63, 3.8) is 0 Å². The molecule has 1 aromatic carbocycles. The fourth-order valence-electron chi connectivity index (χ4n) is 1.79. The lowest BCUT2D eigenvalue weighted by Gasteiger charge is -2.13. The van der Waals surface area contributed by atoms with Crippen molar-refractivity contribution in [1.29, 1.82) is 0 Å². The average molecular weight is 274 g/mol. The lowest BCUT2D eigenvalue weighted by molar-refractivity contribution is 0.217. The SMILES string of the molecule is CCC(C)Oc1cccc(NCc2nc(C)c(C)o2)c1. The van der Waals surface area contributed by atoms with E-state index in [1.165, 1.54) is 0 Å². The van der Waals surface area contributed by atoms with Crippen LogP contribution in [-0.4, -0.2) is 11.1 Å². The molecule has 1 atom stereocenters. The van der Waals surface area contributed by atoms with Gasteiger partial charge in [-0.2, -0.15) is 0 Å². The van der Waals surface area contributed by atoms with Crippen LogP contribution in [0.15, 0.2) is 28.7 Å². The van der Waals surface area contributed by atoms with E-state index < -0.39 is 0 Å². The summed E-state index contributed by atoms with van der Waals surface area (Å²) in [5.41, 5.74) is 1.94. The first-order chi connectivity index (χ1) is 9.58. The molecule has 0 aliphatic heterocycles. The molecule has 0 saturated carbocycles.